The first-order valence-electron chi connectivity index (χ1n) is 32.5. The number of nitrogens with two attached hydrogens (primary N) is 1. The number of hydrogen-bond acceptors (Lipinski definition) is 25. The van der Waals surface area contributed by atoms with Gasteiger partial charge >= 0.3 is 19.8 Å². The zero-order valence-corrected chi connectivity index (χ0v) is 59.7. The molecule has 10 atom stereocenters. The molecule has 6 rings (SSSR count). The number of aliphatic carboxylic acids is 3. The van der Waals surface area contributed by atoms with Crippen molar-refractivity contribution in [1.29, 1.82) is 0 Å². The van der Waals surface area contributed by atoms with Gasteiger partial charge < -0.3 is 103 Å². The van der Waals surface area contributed by atoms with Gasteiger partial charge in [0.05, 0.1) is 49.3 Å². The number of rotatable bonds is 26. The average molecular weight is 1490 g/mol. The van der Waals surface area contributed by atoms with E-state index in [0.717, 1.165) is 21.6 Å². The quantitative estimate of drug-likeness (QED) is 0.0158. The van der Waals surface area contributed by atoms with Crippen molar-refractivity contribution in [3.05, 3.63) is 102 Å². The number of carbonyl (C=O) groups is 11. The number of hydrogen-bond donors (Lipinski definition) is 14. The smallest absolute Gasteiger partial charge is 0.549 e. The molecular formula is C65H89GaN14O18S2. The Morgan fingerprint density at radius 1 is 0.610 bits per heavy atom. The van der Waals surface area contributed by atoms with E-state index < -0.39 is 158 Å². The molecule has 2 aliphatic heterocycles. The standard InChI is InChI=1S/C65H92N14O18S2.Ga/c1-39(81)51(36-80)72-64(96)53-38-99-98-37-52(73-60(92)48(28-41-10-4-3-5-11-41)68-54(84)32-76-20-22-77(33-55(85)86)24-26-79(35-57(89)90)27-25-78(23-21-76)34-56(87)88)63(95)70-49(29-42-15-17-44(83)18-16-42)61(93)71-50(30-43-31-67-46-13-7-6-12-45(43)46)62(94)69-47(14-8-9-19-66)59(91)75-58(40(2)82)65(97)74-53;/h3-7,10-13,15-18,31,39-40,47-53,58,67,80-83H,8-9,14,19-30,32-38,66H2,1-2H3,(H,68,84)(H,69,94)(H,70,95)(H,71,93)(H,72,96)(H,73,92)(H,74,97)(H,75,91)(H,85,86)(H,87,88)(H,89,90);/q;+3/p-3/t39-,40-,47+,48-,49?,50-,51-,52+,53?,58?;/m1./s1/i;1-2. The molecule has 3 aromatic carbocycles. The molecule has 100 heavy (non-hydrogen) atoms. The fraction of sp³-hybridized carbons (Fsp3) is 0.523. The monoisotopic (exact) mass is 1490 g/mol. The molecule has 3 heterocycles. The SMILES string of the molecule is C[C@@H](O)C1NC(=O)[C@H](CCCCN)NC(=O)[C@@H](Cc2c[nH]c3ccccc23)NC(=O)C(Cc2ccc(O)cc2)NC(=O)[C@@H](NC(=O)[C@@H](Cc2ccccc2)NC(=O)CN2CCN(CC(=O)[O-])CCN(CC(=O)[O-])CCN(CC(=O)[O-])CC2)CSSCC(C(=O)N[C@H](CO)[C@@H](C)O)NC1=O.[68Ga+3]. The minimum atomic E-state index is -1.78. The molecule has 0 aliphatic carbocycles. The number of unbranched alkanes of at least 4 members (excludes halogenated alkanes) is 1. The number of carboxylic acids is 3. The van der Waals surface area contributed by atoms with Crippen molar-refractivity contribution in [1.82, 2.24) is 67.1 Å². The zero-order valence-electron chi connectivity index (χ0n) is 55.7. The number of aromatic amines is 1. The largest absolute Gasteiger partial charge is 3.00 e. The molecule has 35 heteroatoms. The molecule has 2 saturated heterocycles. The number of phenolic OH excluding ortho intramolecular Hbond substituents is 1. The maximum atomic E-state index is 15.3. The summed E-state index contributed by atoms with van der Waals surface area (Å²) in [5, 5.41) is 99.3. The molecule has 3 unspecified atom stereocenters. The maximum absolute atomic E-state index is 15.3. The van der Waals surface area contributed by atoms with Crippen LogP contribution in [0.5, 0.6) is 5.75 Å². The summed E-state index contributed by atoms with van der Waals surface area (Å²) >= 11 is 0. The second kappa shape index (κ2) is 42.4. The van der Waals surface area contributed by atoms with Crippen LogP contribution in [0.1, 0.15) is 49.8 Å². The van der Waals surface area contributed by atoms with Crippen molar-refractivity contribution < 1.29 is 88.5 Å². The van der Waals surface area contributed by atoms with Crippen LogP contribution in [0, 0.1) is 0 Å². The van der Waals surface area contributed by atoms with Crippen molar-refractivity contribution in [3.63, 3.8) is 0 Å². The van der Waals surface area contributed by atoms with Crippen LogP contribution in [0.4, 0.5) is 0 Å². The van der Waals surface area contributed by atoms with Crippen LogP contribution in [0.15, 0.2) is 85.1 Å². The molecule has 1 aromatic heterocycles. The molecule has 2 fully saturated rings. The Labute approximate surface area is 599 Å². The Morgan fingerprint density at radius 3 is 1.68 bits per heavy atom. The summed E-state index contributed by atoms with van der Waals surface area (Å²) in [6.45, 7) is 0.0360. The third-order valence-corrected chi connectivity index (χ3v) is 19.0. The van der Waals surface area contributed by atoms with Crippen molar-refractivity contribution in [2.75, 3.05) is 103 Å². The van der Waals surface area contributed by atoms with Gasteiger partial charge in [0.25, 0.3) is 0 Å². The number of aromatic hydroxyl groups is 1. The van der Waals surface area contributed by atoms with E-state index in [1.807, 2.05) is 0 Å². The van der Waals surface area contributed by atoms with Crippen LogP contribution in [0.3, 0.4) is 0 Å². The van der Waals surface area contributed by atoms with Gasteiger partial charge in [0.1, 0.15) is 48.0 Å². The van der Waals surface area contributed by atoms with E-state index in [4.69, 9.17) is 5.73 Å². The first kappa shape index (κ1) is 82.9. The third-order valence-electron chi connectivity index (χ3n) is 16.6. The van der Waals surface area contributed by atoms with Crippen molar-refractivity contribution in [2.45, 2.75) is 113 Å². The van der Waals surface area contributed by atoms with Crippen molar-refractivity contribution >= 4 is 117 Å². The fourth-order valence-electron chi connectivity index (χ4n) is 11.0. The number of nitrogens with zero attached hydrogens (tertiary/aromatic N) is 4. The Hall–Kier alpha value is -7.81. The number of aliphatic hydroxyl groups excluding tert-OH is 3. The van der Waals surface area contributed by atoms with E-state index in [-0.39, 0.29) is 128 Å². The zero-order chi connectivity index (χ0) is 72.1. The first-order valence-corrected chi connectivity index (χ1v) is 35.0. The number of aromatic nitrogens is 1. The van der Waals surface area contributed by atoms with E-state index in [0.29, 0.717) is 34.0 Å². The van der Waals surface area contributed by atoms with Gasteiger partial charge in [0, 0.05) is 120 Å². The molecule has 542 valence electrons. The van der Waals surface area contributed by atoms with Gasteiger partial charge in [-0.1, -0.05) is 82.3 Å². The normalized spacial score (nSPS) is 21.8. The molecule has 0 saturated carbocycles. The first-order chi connectivity index (χ1) is 47.3. The van der Waals surface area contributed by atoms with Gasteiger partial charge in [0.15, 0.2) is 0 Å². The predicted octanol–water partition coefficient (Wildman–Crippen LogP) is -7.85. The van der Waals surface area contributed by atoms with E-state index in [2.05, 4.69) is 47.5 Å². The predicted molar refractivity (Wildman–Crippen MR) is 364 cm³/mol. The number of nitrogens with one attached hydrogen (secondary N) is 9. The van der Waals surface area contributed by atoms with Crippen molar-refractivity contribution in [2.24, 2.45) is 5.73 Å². The molecule has 0 spiro atoms. The number of carboxylic acid groups (broad SMARTS) is 3. The van der Waals surface area contributed by atoms with Crippen LogP contribution in [0.2, 0.25) is 0 Å². The second-order valence-electron chi connectivity index (χ2n) is 24.4. The second-order valence-corrected chi connectivity index (χ2v) is 26.9. The molecule has 32 nitrogen and oxygen atoms in total. The van der Waals surface area contributed by atoms with Gasteiger partial charge in [-0.2, -0.15) is 0 Å². The number of carbonyl (C=O) groups excluding carboxylic acids is 11. The Bertz CT molecular complexity index is 3330. The summed E-state index contributed by atoms with van der Waals surface area (Å²) in [6.07, 6.45) is -1.38. The van der Waals surface area contributed by atoms with E-state index in [1.54, 1.807) is 65.7 Å². The van der Waals surface area contributed by atoms with Gasteiger partial charge in [-0.15, -0.1) is 0 Å². The van der Waals surface area contributed by atoms with E-state index in [9.17, 15) is 74.1 Å². The molecule has 2 aliphatic rings. The molecule has 8 amide bonds. The van der Waals surface area contributed by atoms with Gasteiger partial charge in [-0.25, -0.2) is 0 Å². The Balaban J connectivity index is 0.0000180. The number of phenols is 1. The average Bonchev–Trinajstić information content (AvgIpc) is 1.62. The molecule has 0 bridgehead atoms. The Kier molecular flexibility index (Phi) is 35.2. The minimum Gasteiger partial charge on any atom is -0.549 e. The topological polar surface area (TPSA) is 489 Å². The molecule has 0 radical (unpaired) electrons. The molecule has 15 N–H and O–H groups in total. The van der Waals surface area contributed by atoms with E-state index >= 15 is 14.4 Å². The van der Waals surface area contributed by atoms with Crippen LogP contribution in [-0.2, 0) is 72.0 Å². The summed E-state index contributed by atoms with van der Waals surface area (Å²) < 4.78 is 0. The van der Waals surface area contributed by atoms with Crippen LogP contribution in [-0.4, -0.2) is 294 Å². The third kappa shape index (κ3) is 28.0. The summed E-state index contributed by atoms with van der Waals surface area (Å²) in [5.41, 5.74) is 8.01. The van der Waals surface area contributed by atoms with Crippen molar-refractivity contribution in [3.8, 4) is 5.75 Å². The minimum absolute atomic E-state index is 0. The number of H-pyrrole nitrogens is 1. The van der Waals surface area contributed by atoms with E-state index in [1.165, 1.54) is 52.8 Å². The number of amides is 8. The van der Waals surface area contributed by atoms with Crippen LogP contribution in [0.25, 0.3) is 10.9 Å². The van der Waals surface area contributed by atoms with Gasteiger partial charge in [-0.3, -0.25) is 58.0 Å². The summed E-state index contributed by atoms with van der Waals surface area (Å²) in [7, 11) is 1.79. The van der Waals surface area contributed by atoms with Crippen LogP contribution >= 0.6 is 21.6 Å². The van der Waals surface area contributed by atoms with Gasteiger partial charge in [-0.05, 0) is 74.5 Å². The maximum Gasteiger partial charge on any atom is 3.00 e. The Morgan fingerprint density at radius 2 is 1.13 bits per heavy atom. The number of aliphatic hydroxyl groups is 3. The summed E-state index contributed by atoms with van der Waals surface area (Å²) in [6, 6.07) is 9.03. The van der Waals surface area contributed by atoms with Crippen LogP contribution < -0.4 is 63.6 Å². The van der Waals surface area contributed by atoms with Gasteiger partial charge in [0.2, 0.25) is 47.3 Å². The molecule has 4 aromatic rings. The summed E-state index contributed by atoms with van der Waals surface area (Å²) in [4.78, 5) is 163. The fourth-order valence-corrected chi connectivity index (χ4v) is 13.4. The number of fused-ring (bicyclic) bond motifs is 1. The summed E-state index contributed by atoms with van der Waals surface area (Å²) in [5.74, 6) is -12.6. The number of benzene rings is 3. The molecular weight excluding hydrogens is 1400 g/mol. The number of para-hydroxylation sites is 1.